The van der Waals surface area contributed by atoms with Gasteiger partial charge in [-0.3, -0.25) is 0 Å². The van der Waals surface area contributed by atoms with Gasteiger partial charge in [-0.2, -0.15) is 0 Å². The van der Waals surface area contributed by atoms with Crippen LogP contribution in [0.25, 0.3) is 0 Å². The standard InChI is InChI=1S/C15H15N2OS3.C7H8O3S/c1-4-9-17-13(18)12(21-15(17)19-3)14-16(2)10-7-5-6-8-11(10)20-14;1-6-2-4-7(5-3-6)11(8,9)10/h4-8H,1,9H2,2-3H3;2-5H,1H3,(H,8,9,10)/q+1;/p-1. The van der Waals surface area contributed by atoms with Crippen LogP contribution in [0.4, 0.5) is 5.69 Å². The highest BCUT2D eigenvalue weighted by Crippen LogP contribution is 2.49. The molecule has 0 spiro atoms. The Bertz CT molecular complexity index is 1220. The second kappa shape index (κ2) is 10.3. The minimum atomic E-state index is -4.27. The van der Waals surface area contributed by atoms with Gasteiger partial charge < -0.3 is 9.45 Å². The molecule has 1 amide bonds. The quantitative estimate of drug-likeness (QED) is 0.261. The molecule has 0 unspecified atom stereocenters. The fraction of sp³-hybridized carbons (Fsp3) is 0.182. The molecular formula is C22H22N2O4S4. The topological polar surface area (TPSA) is 80.5 Å². The van der Waals surface area contributed by atoms with Crippen molar-refractivity contribution in [3.05, 3.63) is 76.7 Å². The number of amides is 1. The van der Waals surface area contributed by atoms with E-state index in [9.17, 15) is 17.8 Å². The van der Waals surface area contributed by atoms with Crippen molar-refractivity contribution >= 4 is 61.4 Å². The summed E-state index contributed by atoms with van der Waals surface area (Å²) < 4.78 is 34.0. The lowest BCUT2D eigenvalue weighted by Gasteiger charge is -2.13. The second-order valence-corrected chi connectivity index (χ2v) is 11.3. The van der Waals surface area contributed by atoms with Gasteiger partial charge in [-0.05, 0) is 43.5 Å². The molecule has 2 aliphatic rings. The van der Waals surface area contributed by atoms with Gasteiger partial charge in [0.05, 0.1) is 10.6 Å². The molecule has 0 radical (unpaired) electrons. The van der Waals surface area contributed by atoms with E-state index in [1.807, 2.05) is 32.4 Å². The molecule has 0 N–H and O–H groups in total. The maximum atomic E-state index is 12.7. The van der Waals surface area contributed by atoms with E-state index < -0.39 is 10.1 Å². The van der Waals surface area contributed by atoms with Crippen molar-refractivity contribution in [1.29, 1.82) is 0 Å². The van der Waals surface area contributed by atoms with Gasteiger partial charge in [-0.25, -0.2) is 13.2 Å². The van der Waals surface area contributed by atoms with Gasteiger partial charge >= 0.3 is 5.91 Å². The Balaban J connectivity index is 0.000000222. The average Bonchev–Trinajstić information content (AvgIpc) is 3.25. The van der Waals surface area contributed by atoms with Crippen molar-refractivity contribution < 1.29 is 22.3 Å². The summed E-state index contributed by atoms with van der Waals surface area (Å²) in [6.45, 7) is 6.12. The molecule has 0 bridgehead atoms. The summed E-state index contributed by atoms with van der Waals surface area (Å²) in [6, 6.07) is 14.0. The third-order valence-corrected chi connectivity index (χ3v) is 9.08. The second-order valence-electron chi connectivity index (χ2n) is 6.81. The van der Waals surface area contributed by atoms with Crippen molar-refractivity contribution in [3.8, 4) is 0 Å². The van der Waals surface area contributed by atoms with Gasteiger partial charge in [0.2, 0.25) is 0 Å². The van der Waals surface area contributed by atoms with Gasteiger partial charge in [0.25, 0.3) is 4.38 Å². The minimum Gasteiger partial charge on any atom is -0.744 e. The molecule has 0 atom stereocenters. The summed E-state index contributed by atoms with van der Waals surface area (Å²) in [6.07, 6.45) is 3.77. The van der Waals surface area contributed by atoms with Gasteiger partial charge in [0, 0.05) is 23.7 Å². The molecule has 4 rings (SSSR count). The zero-order chi connectivity index (χ0) is 23.5. The number of fused-ring (bicyclic) bond motifs is 1. The molecule has 2 aromatic rings. The van der Waals surface area contributed by atoms with E-state index in [2.05, 4.69) is 23.6 Å². The van der Waals surface area contributed by atoms with E-state index in [-0.39, 0.29) is 10.8 Å². The highest BCUT2D eigenvalue weighted by atomic mass is 32.2. The number of benzene rings is 2. The number of carbonyl (C=O) groups is 1. The molecule has 2 aromatic carbocycles. The van der Waals surface area contributed by atoms with E-state index in [0.717, 1.165) is 25.6 Å². The number of anilines is 1. The van der Waals surface area contributed by atoms with E-state index in [0.29, 0.717) is 6.54 Å². The third-order valence-electron chi connectivity index (χ3n) is 4.58. The molecule has 168 valence electrons. The van der Waals surface area contributed by atoms with Crippen LogP contribution < -0.4 is 4.90 Å². The van der Waals surface area contributed by atoms with Crippen molar-refractivity contribution in [2.75, 3.05) is 24.7 Å². The molecule has 0 fully saturated rings. The monoisotopic (exact) mass is 506 g/mol. The zero-order valence-corrected chi connectivity index (χ0v) is 21.0. The zero-order valence-electron chi connectivity index (χ0n) is 17.8. The van der Waals surface area contributed by atoms with Crippen LogP contribution in [0, 0.1) is 6.92 Å². The fourth-order valence-electron chi connectivity index (χ4n) is 2.97. The maximum Gasteiger partial charge on any atom is 0.430 e. The van der Waals surface area contributed by atoms with Crippen LogP contribution in [-0.4, -0.2) is 47.7 Å². The van der Waals surface area contributed by atoms with Crippen molar-refractivity contribution in [1.82, 2.24) is 0 Å². The molecule has 6 nitrogen and oxygen atoms in total. The summed E-state index contributed by atoms with van der Waals surface area (Å²) in [5, 5.41) is 1.02. The maximum absolute atomic E-state index is 12.7. The molecule has 10 heteroatoms. The van der Waals surface area contributed by atoms with Crippen molar-refractivity contribution in [2.24, 2.45) is 0 Å². The average molecular weight is 507 g/mol. The summed E-state index contributed by atoms with van der Waals surface area (Å²) in [7, 11) is -2.25. The van der Waals surface area contributed by atoms with Gasteiger partial charge in [0.15, 0.2) is 11.4 Å². The lowest BCUT2D eigenvalue weighted by molar-refractivity contribution is -0.426. The number of rotatable bonds is 3. The van der Waals surface area contributed by atoms with Crippen LogP contribution in [0.2, 0.25) is 0 Å². The van der Waals surface area contributed by atoms with E-state index in [4.69, 9.17) is 0 Å². The van der Waals surface area contributed by atoms with Gasteiger partial charge in [-0.1, -0.05) is 59.9 Å². The van der Waals surface area contributed by atoms with Crippen LogP contribution in [-0.2, 0) is 14.9 Å². The van der Waals surface area contributed by atoms with Crippen LogP contribution in [0.3, 0.4) is 0 Å². The highest BCUT2D eigenvalue weighted by molar-refractivity contribution is 8.40. The Kier molecular flexibility index (Phi) is 7.94. The first-order chi connectivity index (χ1) is 15.2. The summed E-state index contributed by atoms with van der Waals surface area (Å²) >= 11 is 4.84. The molecule has 0 saturated carbocycles. The first kappa shape index (κ1) is 24.7. The number of para-hydroxylation sites is 1. The predicted molar refractivity (Wildman–Crippen MR) is 133 cm³/mol. The van der Waals surface area contributed by atoms with Gasteiger partial charge in [-0.15, -0.1) is 4.58 Å². The van der Waals surface area contributed by atoms with E-state index >= 15 is 0 Å². The normalized spacial score (nSPS) is 17.9. The SMILES string of the molecule is C=CC[N+]1=C(SC)SC(=C2Sc3ccccc3N2C)C1=O.Cc1ccc(S(=O)(=O)[O-])cc1. The molecular weight excluding hydrogens is 485 g/mol. The van der Waals surface area contributed by atoms with Crippen LogP contribution in [0.1, 0.15) is 5.56 Å². The Morgan fingerprint density at radius 3 is 2.38 bits per heavy atom. The first-order valence-corrected chi connectivity index (χ1v) is 13.7. The lowest BCUT2D eigenvalue weighted by atomic mass is 10.2. The van der Waals surface area contributed by atoms with E-state index in [1.165, 1.54) is 17.0 Å². The highest BCUT2D eigenvalue weighted by Gasteiger charge is 2.42. The Labute approximate surface area is 201 Å². The van der Waals surface area contributed by atoms with E-state index in [1.54, 1.807) is 58.1 Å². The summed E-state index contributed by atoms with van der Waals surface area (Å²) in [4.78, 5) is 16.6. The van der Waals surface area contributed by atoms with Gasteiger partial charge in [0.1, 0.15) is 15.1 Å². The molecule has 2 aliphatic heterocycles. The molecule has 0 saturated heterocycles. The number of carbonyl (C=O) groups excluding carboxylic acids is 1. The molecule has 0 aliphatic carbocycles. The fourth-order valence-corrected chi connectivity index (χ4v) is 6.60. The number of thioether (sulfide) groups is 3. The molecule has 2 heterocycles. The van der Waals surface area contributed by atoms with Crippen molar-refractivity contribution in [3.63, 3.8) is 0 Å². The molecule has 0 aromatic heterocycles. The number of hydrogen-bond donors (Lipinski definition) is 0. The van der Waals surface area contributed by atoms with Crippen LogP contribution in [0.15, 0.2) is 80.9 Å². The Hall–Kier alpha value is -1.98. The van der Waals surface area contributed by atoms with Crippen LogP contribution in [0.5, 0.6) is 0 Å². The largest absolute Gasteiger partial charge is 0.744 e. The van der Waals surface area contributed by atoms with Crippen molar-refractivity contribution in [2.45, 2.75) is 16.7 Å². The Morgan fingerprint density at radius 2 is 1.81 bits per heavy atom. The summed E-state index contributed by atoms with van der Waals surface area (Å²) in [5.74, 6) is 0.0754. The first-order valence-electron chi connectivity index (χ1n) is 9.46. The smallest absolute Gasteiger partial charge is 0.430 e. The number of nitrogens with zero attached hydrogens (tertiary/aromatic N) is 2. The third kappa shape index (κ3) is 5.32. The molecule has 32 heavy (non-hydrogen) atoms. The minimum absolute atomic E-state index is 0.0754. The van der Waals surface area contributed by atoms with Crippen LogP contribution >= 0.6 is 35.3 Å². The Morgan fingerprint density at radius 1 is 1.16 bits per heavy atom. The lowest BCUT2D eigenvalue weighted by Crippen LogP contribution is -2.21. The predicted octanol–water partition coefficient (Wildman–Crippen LogP) is 4.49. The number of aryl methyl sites for hydroxylation is 1. The number of hydrogen-bond acceptors (Lipinski definition) is 8. The summed E-state index contributed by atoms with van der Waals surface area (Å²) in [5.41, 5.74) is 2.09.